The van der Waals surface area contributed by atoms with Gasteiger partial charge >= 0.3 is 0 Å². The quantitative estimate of drug-likeness (QED) is 0.856. The summed E-state index contributed by atoms with van der Waals surface area (Å²) in [5.41, 5.74) is 7.97. The molecule has 0 bridgehead atoms. The Morgan fingerprint density at radius 2 is 2.11 bits per heavy atom. The predicted octanol–water partition coefficient (Wildman–Crippen LogP) is 2.97. The zero-order valence-corrected chi connectivity index (χ0v) is 10.9. The number of hydrogen-bond donors (Lipinski definition) is 1. The van der Waals surface area contributed by atoms with Gasteiger partial charge in [0, 0.05) is 17.5 Å². The van der Waals surface area contributed by atoms with Gasteiger partial charge in [-0.05, 0) is 35.9 Å². The third-order valence-electron chi connectivity index (χ3n) is 3.73. The van der Waals surface area contributed by atoms with Crippen LogP contribution in [-0.4, -0.2) is 12.3 Å². The van der Waals surface area contributed by atoms with Crippen LogP contribution in [0.25, 0.3) is 0 Å². The van der Waals surface area contributed by atoms with Crippen LogP contribution in [0.15, 0.2) is 41.8 Å². The van der Waals surface area contributed by atoms with Gasteiger partial charge in [-0.25, -0.2) is 0 Å². The standard InChI is InChI=1S/C15H15NOS/c16-10-15(6-7-15)12-4-1-3-11(9-12)14(17)13-5-2-8-18-13/h1-5,8-9H,6-7,10,16H2. The molecule has 2 nitrogen and oxygen atoms in total. The lowest BCUT2D eigenvalue weighted by molar-refractivity contribution is 0.104. The number of thiophene rings is 1. The fraction of sp³-hybridized carbons (Fsp3) is 0.267. The Bertz CT molecular complexity index is 570. The number of carbonyl (C=O) groups excluding carboxylic acids is 1. The first-order valence-electron chi connectivity index (χ1n) is 6.14. The molecule has 1 aromatic heterocycles. The molecule has 0 atom stereocenters. The van der Waals surface area contributed by atoms with Crippen molar-refractivity contribution in [2.45, 2.75) is 18.3 Å². The minimum atomic E-state index is 0.111. The monoisotopic (exact) mass is 257 g/mol. The maximum Gasteiger partial charge on any atom is 0.202 e. The number of hydrogen-bond acceptors (Lipinski definition) is 3. The topological polar surface area (TPSA) is 43.1 Å². The molecule has 0 radical (unpaired) electrons. The highest BCUT2D eigenvalue weighted by atomic mass is 32.1. The van der Waals surface area contributed by atoms with Crippen molar-refractivity contribution < 1.29 is 4.79 Å². The first-order valence-corrected chi connectivity index (χ1v) is 7.02. The minimum Gasteiger partial charge on any atom is -0.330 e. The van der Waals surface area contributed by atoms with E-state index in [0.717, 1.165) is 23.3 Å². The third kappa shape index (κ3) is 1.89. The van der Waals surface area contributed by atoms with E-state index < -0.39 is 0 Å². The second kappa shape index (κ2) is 4.34. The Labute approximate surface area is 110 Å². The summed E-state index contributed by atoms with van der Waals surface area (Å²) in [7, 11) is 0. The molecular weight excluding hydrogens is 242 g/mol. The molecule has 2 aromatic rings. The molecule has 1 aliphatic carbocycles. The third-order valence-corrected chi connectivity index (χ3v) is 4.60. The van der Waals surface area contributed by atoms with E-state index in [4.69, 9.17) is 5.73 Å². The molecule has 1 aromatic carbocycles. The normalized spacial score (nSPS) is 16.5. The van der Waals surface area contributed by atoms with E-state index in [9.17, 15) is 4.79 Å². The van der Waals surface area contributed by atoms with Gasteiger partial charge in [-0.2, -0.15) is 0 Å². The summed E-state index contributed by atoms with van der Waals surface area (Å²) >= 11 is 1.49. The molecule has 0 amide bonds. The largest absolute Gasteiger partial charge is 0.330 e. The van der Waals surface area contributed by atoms with Gasteiger partial charge in [0.05, 0.1) is 4.88 Å². The second-order valence-electron chi connectivity index (χ2n) is 4.87. The molecule has 1 heterocycles. The first-order chi connectivity index (χ1) is 8.75. The van der Waals surface area contributed by atoms with Crippen molar-refractivity contribution in [2.75, 3.05) is 6.54 Å². The van der Waals surface area contributed by atoms with Crippen LogP contribution in [0.3, 0.4) is 0 Å². The summed E-state index contributed by atoms with van der Waals surface area (Å²) in [4.78, 5) is 13.1. The molecular formula is C15H15NOS. The van der Waals surface area contributed by atoms with Crippen molar-refractivity contribution in [1.29, 1.82) is 0 Å². The number of benzene rings is 1. The molecule has 18 heavy (non-hydrogen) atoms. The van der Waals surface area contributed by atoms with Gasteiger partial charge in [-0.15, -0.1) is 11.3 Å². The van der Waals surface area contributed by atoms with E-state index in [-0.39, 0.29) is 11.2 Å². The highest BCUT2D eigenvalue weighted by Gasteiger charge is 2.42. The zero-order chi connectivity index (χ0) is 12.6. The van der Waals surface area contributed by atoms with E-state index in [1.165, 1.54) is 16.9 Å². The SMILES string of the molecule is NCC1(c2cccc(C(=O)c3cccs3)c2)CC1. The molecule has 0 unspecified atom stereocenters. The molecule has 1 fully saturated rings. The molecule has 1 aliphatic rings. The first kappa shape index (κ1) is 11.6. The van der Waals surface area contributed by atoms with Crippen molar-refractivity contribution in [3.63, 3.8) is 0 Å². The molecule has 1 saturated carbocycles. The van der Waals surface area contributed by atoms with Crippen molar-refractivity contribution in [2.24, 2.45) is 5.73 Å². The van der Waals surface area contributed by atoms with Crippen LogP contribution in [0.5, 0.6) is 0 Å². The van der Waals surface area contributed by atoms with Crippen molar-refractivity contribution in [1.82, 2.24) is 0 Å². The number of nitrogens with two attached hydrogens (primary N) is 1. The van der Waals surface area contributed by atoms with E-state index in [1.807, 2.05) is 35.7 Å². The van der Waals surface area contributed by atoms with Crippen LogP contribution >= 0.6 is 11.3 Å². The summed E-state index contributed by atoms with van der Waals surface area (Å²) in [5.74, 6) is 0.111. The molecule has 3 heteroatoms. The average molecular weight is 257 g/mol. The Morgan fingerprint density at radius 3 is 2.72 bits per heavy atom. The Morgan fingerprint density at radius 1 is 1.28 bits per heavy atom. The highest BCUT2D eigenvalue weighted by Crippen LogP contribution is 2.47. The fourth-order valence-corrected chi connectivity index (χ4v) is 2.99. The van der Waals surface area contributed by atoms with Gasteiger partial charge in [0.25, 0.3) is 0 Å². The van der Waals surface area contributed by atoms with Crippen LogP contribution in [0.2, 0.25) is 0 Å². The van der Waals surface area contributed by atoms with Crippen molar-refractivity contribution in [3.8, 4) is 0 Å². The Hall–Kier alpha value is -1.45. The van der Waals surface area contributed by atoms with Gasteiger partial charge in [0.2, 0.25) is 5.78 Å². The zero-order valence-electron chi connectivity index (χ0n) is 10.1. The number of ketones is 1. The lowest BCUT2D eigenvalue weighted by atomic mass is 9.93. The average Bonchev–Trinajstić information content (AvgIpc) is 3.04. The Balaban J connectivity index is 1.94. The molecule has 2 N–H and O–H groups in total. The van der Waals surface area contributed by atoms with Gasteiger partial charge in [0.1, 0.15) is 0 Å². The van der Waals surface area contributed by atoms with Gasteiger partial charge in [-0.1, -0.05) is 24.3 Å². The molecule has 0 spiro atoms. The molecule has 3 rings (SSSR count). The van der Waals surface area contributed by atoms with E-state index in [0.29, 0.717) is 6.54 Å². The van der Waals surface area contributed by atoms with Crippen molar-refractivity contribution in [3.05, 3.63) is 57.8 Å². The van der Waals surface area contributed by atoms with Gasteiger partial charge < -0.3 is 5.73 Å². The number of carbonyl (C=O) groups is 1. The second-order valence-corrected chi connectivity index (χ2v) is 5.82. The summed E-state index contributed by atoms with van der Waals surface area (Å²) in [5, 5.41) is 1.93. The van der Waals surface area contributed by atoms with Crippen LogP contribution in [0.1, 0.15) is 33.6 Å². The van der Waals surface area contributed by atoms with Crippen LogP contribution < -0.4 is 5.73 Å². The predicted molar refractivity (Wildman–Crippen MR) is 74.2 cm³/mol. The molecule has 0 aliphatic heterocycles. The maximum absolute atomic E-state index is 12.3. The summed E-state index contributed by atoms with van der Waals surface area (Å²) in [6.45, 7) is 0.670. The van der Waals surface area contributed by atoms with Crippen LogP contribution in [0.4, 0.5) is 0 Å². The number of rotatable bonds is 4. The van der Waals surface area contributed by atoms with Gasteiger partial charge in [-0.3, -0.25) is 4.79 Å². The fourth-order valence-electron chi connectivity index (χ4n) is 2.30. The summed E-state index contributed by atoms with van der Waals surface area (Å²) < 4.78 is 0. The van der Waals surface area contributed by atoms with Crippen molar-refractivity contribution >= 4 is 17.1 Å². The maximum atomic E-state index is 12.3. The lowest BCUT2D eigenvalue weighted by Gasteiger charge is -2.13. The smallest absolute Gasteiger partial charge is 0.202 e. The minimum absolute atomic E-state index is 0.111. The van der Waals surface area contributed by atoms with Crippen LogP contribution in [-0.2, 0) is 5.41 Å². The van der Waals surface area contributed by atoms with Crippen LogP contribution in [0, 0.1) is 0 Å². The van der Waals surface area contributed by atoms with E-state index >= 15 is 0 Å². The van der Waals surface area contributed by atoms with E-state index in [1.54, 1.807) is 0 Å². The highest BCUT2D eigenvalue weighted by molar-refractivity contribution is 7.12. The van der Waals surface area contributed by atoms with Gasteiger partial charge in [0.15, 0.2) is 0 Å². The lowest BCUT2D eigenvalue weighted by Crippen LogP contribution is -2.20. The summed E-state index contributed by atoms with van der Waals surface area (Å²) in [6, 6.07) is 11.7. The van der Waals surface area contributed by atoms with E-state index in [2.05, 4.69) is 6.07 Å². The molecule has 92 valence electrons. The Kier molecular flexibility index (Phi) is 2.80. The summed E-state index contributed by atoms with van der Waals surface area (Å²) in [6.07, 6.45) is 2.28. The molecule has 0 saturated heterocycles.